The smallest absolute Gasteiger partial charge is 0.223 e. The van der Waals surface area contributed by atoms with E-state index in [0.717, 1.165) is 64.4 Å². The number of hydrogen-bond donors (Lipinski definition) is 2. The van der Waals surface area contributed by atoms with Crippen LogP contribution in [0.25, 0.3) is 0 Å². The van der Waals surface area contributed by atoms with E-state index in [-0.39, 0.29) is 11.8 Å². The molecule has 0 spiro atoms. The second-order valence-electron chi connectivity index (χ2n) is 8.83. The second kappa shape index (κ2) is 12.5. The molecule has 2 N–H and O–H groups in total. The first-order chi connectivity index (χ1) is 15.6. The summed E-state index contributed by atoms with van der Waals surface area (Å²) in [6.07, 6.45) is 5.04. The minimum absolute atomic E-state index is 0.236. The number of benzene rings is 1. The summed E-state index contributed by atoms with van der Waals surface area (Å²) in [5.74, 6) is 1.59. The van der Waals surface area contributed by atoms with E-state index in [0.29, 0.717) is 31.3 Å². The molecule has 2 fully saturated rings. The van der Waals surface area contributed by atoms with Crippen LogP contribution in [0.15, 0.2) is 35.3 Å². The third-order valence-electron chi connectivity index (χ3n) is 6.45. The van der Waals surface area contributed by atoms with Crippen molar-refractivity contribution in [1.29, 1.82) is 0 Å². The van der Waals surface area contributed by atoms with Crippen LogP contribution in [0, 0.1) is 5.92 Å². The van der Waals surface area contributed by atoms with Gasteiger partial charge in [0.2, 0.25) is 11.8 Å². The van der Waals surface area contributed by atoms with Crippen LogP contribution in [-0.2, 0) is 16.0 Å². The van der Waals surface area contributed by atoms with Crippen molar-refractivity contribution in [1.82, 2.24) is 20.4 Å². The maximum Gasteiger partial charge on any atom is 0.223 e. The van der Waals surface area contributed by atoms with Gasteiger partial charge in [-0.2, -0.15) is 0 Å². The van der Waals surface area contributed by atoms with E-state index in [1.165, 1.54) is 5.56 Å². The molecule has 2 unspecified atom stereocenters. The van der Waals surface area contributed by atoms with E-state index < -0.39 is 0 Å². The zero-order valence-electron chi connectivity index (χ0n) is 19.7. The molecule has 2 aliphatic rings. The molecule has 2 heterocycles. The van der Waals surface area contributed by atoms with Gasteiger partial charge in [0.1, 0.15) is 0 Å². The molecule has 0 saturated carbocycles. The highest BCUT2D eigenvalue weighted by Gasteiger charge is 2.29. The molecule has 0 aromatic heterocycles. The minimum Gasteiger partial charge on any atom is -0.357 e. The quantitative estimate of drug-likeness (QED) is 0.408. The van der Waals surface area contributed by atoms with Gasteiger partial charge in [-0.25, -0.2) is 0 Å². The molecule has 2 amide bonds. The van der Waals surface area contributed by atoms with Crippen molar-refractivity contribution in [2.24, 2.45) is 10.9 Å². The summed E-state index contributed by atoms with van der Waals surface area (Å²) in [4.78, 5) is 33.2. The second-order valence-corrected chi connectivity index (χ2v) is 8.83. The highest BCUT2D eigenvalue weighted by atomic mass is 16.2. The highest BCUT2D eigenvalue weighted by molar-refractivity contribution is 5.81. The third-order valence-corrected chi connectivity index (χ3v) is 6.45. The first-order valence-electron chi connectivity index (χ1n) is 12.2. The Balaban J connectivity index is 1.43. The first-order valence-corrected chi connectivity index (χ1v) is 12.2. The summed E-state index contributed by atoms with van der Waals surface area (Å²) >= 11 is 0. The number of carbonyl (C=O) groups excluding carboxylic acids is 2. The monoisotopic (exact) mass is 441 g/mol. The van der Waals surface area contributed by atoms with Crippen LogP contribution in [0.5, 0.6) is 0 Å². The van der Waals surface area contributed by atoms with E-state index in [2.05, 4.69) is 36.6 Å². The minimum atomic E-state index is 0.236. The predicted octanol–water partition coefficient (Wildman–Crippen LogP) is 2.42. The summed E-state index contributed by atoms with van der Waals surface area (Å²) < 4.78 is 0. The lowest BCUT2D eigenvalue weighted by molar-refractivity contribution is -0.130. The number of amides is 2. The fourth-order valence-corrected chi connectivity index (χ4v) is 4.66. The van der Waals surface area contributed by atoms with E-state index in [1.54, 1.807) is 0 Å². The Morgan fingerprint density at radius 2 is 1.97 bits per heavy atom. The molecule has 1 aromatic rings. The zero-order chi connectivity index (χ0) is 22.8. The highest BCUT2D eigenvalue weighted by Crippen LogP contribution is 2.19. The van der Waals surface area contributed by atoms with Crippen LogP contribution in [0.1, 0.15) is 51.5 Å². The summed E-state index contributed by atoms with van der Waals surface area (Å²) in [6.45, 7) is 8.86. The Hall–Kier alpha value is -2.57. The van der Waals surface area contributed by atoms with E-state index in [4.69, 9.17) is 4.99 Å². The lowest BCUT2D eigenvalue weighted by atomic mass is 10.1. The Labute approximate surface area is 192 Å². The van der Waals surface area contributed by atoms with Gasteiger partial charge in [0.15, 0.2) is 5.96 Å². The predicted molar refractivity (Wildman–Crippen MR) is 128 cm³/mol. The van der Waals surface area contributed by atoms with Crippen molar-refractivity contribution in [2.45, 2.75) is 58.4 Å². The van der Waals surface area contributed by atoms with Crippen LogP contribution in [0.2, 0.25) is 0 Å². The van der Waals surface area contributed by atoms with Gasteiger partial charge in [0.25, 0.3) is 0 Å². The Morgan fingerprint density at radius 1 is 1.16 bits per heavy atom. The molecule has 2 saturated heterocycles. The molecular weight excluding hydrogens is 402 g/mol. The van der Waals surface area contributed by atoms with Gasteiger partial charge in [0.05, 0.1) is 0 Å². The lowest BCUT2D eigenvalue weighted by Crippen LogP contribution is -2.42. The number of nitrogens with one attached hydrogen (secondary N) is 2. The first kappa shape index (κ1) is 24.1. The fourth-order valence-electron chi connectivity index (χ4n) is 4.66. The van der Waals surface area contributed by atoms with Crippen molar-refractivity contribution in [3.63, 3.8) is 0 Å². The van der Waals surface area contributed by atoms with Gasteiger partial charge in [-0.1, -0.05) is 37.3 Å². The number of guanidine groups is 1. The standard InChI is InChI=1S/C25H39N5O2/c1-3-22(30-15-8-11-23(30)31)12-14-27-25(26-4-2)28-18-21-17-24(32)29(19-21)16-13-20-9-6-5-7-10-20/h5-7,9-10,21-22H,3-4,8,11-19H2,1-2H3,(H2,26,27,28). The Bertz CT molecular complexity index is 767. The Morgan fingerprint density at radius 3 is 2.66 bits per heavy atom. The van der Waals surface area contributed by atoms with Gasteiger partial charge >= 0.3 is 0 Å². The number of rotatable bonds is 11. The maximum atomic E-state index is 12.4. The average molecular weight is 442 g/mol. The molecule has 0 aliphatic carbocycles. The number of hydrogen-bond acceptors (Lipinski definition) is 3. The van der Waals surface area contributed by atoms with Crippen LogP contribution in [-0.4, -0.2) is 72.9 Å². The van der Waals surface area contributed by atoms with Gasteiger partial charge < -0.3 is 20.4 Å². The zero-order valence-corrected chi connectivity index (χ0v) is 19.7. The van der Waals surface area contributed by atoms with Crippen molar-refractivity contribution in [2.75, 3.05) is 39.3 Å². The molecule has 3 rings (SSSR count). The van der Waals surface area contributed by atoms with Gasteiger partial charge in [-0.3, -0.25) is 14.6 Å². The Kier molecular flexibility index (Phi) is 9.38. The van der Waals surface area contributed by atoms with Crippen molar-refractivity contribution in [3.05, 3.63) is 35.9 Å². The SMILES string of the molecule is CCNC(=NCC1CC(=O)N(CCc2ccccc2)C1)NCCC(CC)N1CCCC1=O. The summed E-state index contributed by atoms with van der Waals surface area (Å²) in [5, 5.41) is 6.72. The summed E-state index contributed by atoms with van der Waals surface area (Å²) in [5.41, 5.74) is 1.27. The van der Waals surface area contributed by atoms with Gasteiger partial charge in [0, 0.05) is 64.1 Å². The average Bonchev–Trinajstić information content (AvgIpc) is 3.39. The van der Waals surface area contributed by atoms with Crippen LogP contribution >= 0.6 is 0 Å². The third kappa shape index (κ3) is 6.97. The van der Waals surface area contributed by atoms with Crippen LogP contribution in [0.3, 0.4) is 0 Å². The molecule has 0 bridgehead atoms. The van der Waals surface area contributed by atoms with Gasteiger partial charge in [-0.05, 0) is 38.2 Å². The van der Waals surface area contributed by atoms with Crippen LogP contribution in [0.4, 0.5) is 0 Å². The molecule has 176 valence electrons. The largest absolute Gasteiger partial charge is 0.357 e. The maximum absolute atomic E-state index is 12.4. The number of aliphatic imine (C=N–C) groups is 1. The molecule has 32 heavy (non-hydrogen) atoms. The van der Waals surface area contributed by atoms with Gasteiger partial charge in [-0.15, -0.1) is 0 Å². The molecule has 0 radical (unpaired) electrons. The molecule has 1 aromatic carbocycles. The van der Waals surface area contributed by atoms with E-state index in [9.17, 15) is 9.59 Å². The lowest BCUT2D eigenvalue weighted by Gasteiger charge is -2.27. The molecule has 7 heteroatoms. The summed E-state index contributed by atoms with van der Waals surface area (Å²) in [7, 11) is 0. The fraction of sp³-hybridized carbons (Fsp3) is 0.640. The summed E-state index contributed by atoms with van der Waals surface area (Å²) in [6, 6.07) is 10.6. The van der Waals surface area contributed by atoms with Crippen LogP contribution < -0.4 is 10.6 Å². The molecule has 7 nitrogen and oxygen atoms in total. The van der Waals surface area contributed by atoms with E-state index in [1.807, 2.05) is 28.0 Å². The molecule has 2 aliphatic heterocycles. The normalized spacial score (nSPS) is 20.2. The number of likely N-dealkylation sites (tertiary alicyclic amines) is 2. The molecular formula is C25H39N5O2. The van der Waals surface area contributed by atoms with Crippen molar-refractivity contribution in [3.8, 4) is 0 Å². The molecule has 2 atom stereocenters. The van der Waals surface area contributed by atoms with Crippen molar-refractivity contribution < 1.29 is 9.59 Å². The number of nitrogens with zero attached hydrogens (tertiary/aromatic N) is 3. The number of carbonyl (C=O) groups is 2. The van der Waals surface area contributed by atoms with E-state index >= 15 is 0 Å². The topological polar surface area (TPSA) is 77.0 Å². The van der Waals surface area contributed by atoms with Crippen molar-refractivity contribution >= 4 is 17.8 Å².